The van der Waals surface area contributed by atoms with Crippen LogP contribution in [0.15, 0.2) is 53.8 Å². The molecule has 0 N–H and O–H groups in total. The zero-order valence-corrected chi connectivity index (χ0v) is 16.7. The number of thioether (sulfide) groups is 1. The first-order valence-corrected chi connectivity index (χ1v) is 9.83. The quantitative estimate of drug-likeness (QED) is 0.566. The topological polar surface area (TPSA) is 46.8 Å². The summed E-state index contributed by atoms with van der Waals surface area (Å²) >= 11 is 7.74. The molecule has 0 fully saturated rings. The van der Waals surface area contributed by atoms with Gasteiger partial charge in [0.2, 0.25) is 0 Å². The molecule has 1 unspecified atom stereocenters. The molecular formula is C19H22ClN5S. The average Bonchev–Trinajstić information content (AvgIpc) is 3.06. The van der Waals surface area contributed by atoms with Crippen LogP contribution in [0.5, 0.6) is 0 Å². The van der Waals surface area contributed by atoms with Gasteiger partial charge in [-0.25, -0.2) is 0 Å². The molecule has 5 nitrogen and oxygen atoms in total. The lowest BCUT2D eigenvalue weighted by Gasteiger charge is -2.20. The van der Waals surface area contributed by atoms with Crippen molar-refractivity contribution in [2.75, 3.05) is 19.8 Å². The normalized spacial score (nSPS) is 12.5. The Morgan fingerprint density at radius 3 is 2.54 bits per heavy atom. The van der Waals surface area contributed by atoms with E-state index in [-0.39, 0.29) is 6.04 Å². The number of halogens is 1. The van der Waals surface area contributed by atoms with E-state index in [0.29, 0.717) is 5.02 Å². The number of hydrogen-bond acceptors (Lipinski definition) is 5. The maximum atomic E-state index is 6.06. The van der Waals surface area contributed by atoms with Crippen molar-refractivity contribution in [3.05, 3.63) is 65.2 Å². The molecule has 0 radical (unpaired) electrons. The van der Waals surface area contributed by atoms with E-state index in [4.69, 9.17) is 11.6 Å². The van der Waals surface area contributed by atoms with E-state index in [0.717, 1.165) is 34.5 Å². The molecule has 1 atom stereocenters. The van der Waals surface area contributed by atoms with Crippen LogP contribution in [0.1, 0.15) is 24.5 Å². The van der Waals surface area contributed by atoms with Gasteiger partial charge in [0, 0.05) is 28.4 Å². The first-order valence-electron chi connectivity index (χ1n) is 8.46. The summed E-state index contributed by atoms with van der Waals surface area (Å²) in [4.78, 5) is 6.50. The molecule has 3 rings (SSSR count). The molecule has 3 aromatic rings. The molecule has 2 aromatic heterocycles. The van der Waals surface area contributed by atoms with Crippen LogP contribution in [0.3, 0.4) is 0 Å². The van der Waals surface area contributed by atoms with Gasteiger partial charge in [0.25, 0.3) is 0 Å². The fourth-order valence-electron chi connectivity index (χ4n) is 2.50. The molecule has 0 aliphatic rings. The number of hydrogen-bond donors (Lipinski definition) is 0. The molecule has 0 saturated heterocycles. The smallest absolute Gasteiger partial charge is 0.195 e. The predicted molar refractivity (Wildman–Crippen MR) is 107 cm³/mol. The predicted octanol–water partition coefficient (Wildman–Crippen LogP) is 4.27. The highest BCUT2D eigenvalue weighted by Gasteiger charge is 2.20. The van der Waals surface area contributed by atoms with Gasteiger partial charge in [0.1, 0.15) is 0 Å². The largest absolute Gasteiger partial charge is 0.300 e. The van der Waals surface area contributed by atoms with Gasteiger partial charge in [-0.05, 0) is 63.8 Å². The number of nitrogens with zero attached hydrogens (tertiary/aromatic N) is 5. The Morgan fingerprint density at radius 2 is 1.88 bits per heavy atom. The van der Waals surface area contributed by atoms with Crippen LogP contribution < -0.4 is 0 Å². The van der Waals surface area contributed by atoms with Gasteiger partial charge >= 0.3 is 0 Å². The number of pyridine rings is 1. The van der Waals surface area contributed by atoms with Crippen molar-refractivity contribution in [2.24, 2.45) is 0 Å². The molecular weight excluding hydrogens is 366 g/mol. The SMILES string of the molecule is CC(c1nnc(SCCc2ccccn2)n1-c1ccc(Cl)cc1)N(C)C. The molecule has 2 heterocycles. The van der Waals surface area contributed by atoms with E-state index >= 15 is 0 Å². The summed E-state index contributed by atoms with van der Waals surface area (Å²) in [5.41, 5.74) is 2.10. The first kappa shape index (κ1) is 18.9. The first-order chi connectivity index (χ1) is 12.6. The van der Waals surface area contributed by atoms with Crippen LogP contribution in [-0.4, -0.2) is 44.5 Å². The Bertz CT molecular complexity index is 833. The monoisotopic (exact) mass is 387 g/mol. The third-order valence-corrected chi connectivity index (χ3v) is 5.39. The van der Waals surface area contributed by atoms with Gasteiger partial charge in [-0.3, -0.25) is 14.5 Å². The molecule has 0 aliphatic heterocycles. The molecule has 0 saturated carbocycles. The van der Waals surface area contributed by atoms with Gasteiger partial charge < -0.3 is 0 Å². The Kier molecular flexibility index (Phi) is 6.29. The van der Waals surface area contributed by atoms with Crippen molar-refractivity contribution in [2.45, 2.75) is 24.5 Å². The summed E-state index contributed by atoms with van der Waals surface area (Å²) in [6.45, 7) is 2.12. The lowest BCUT2D eigenvalue weighted by Crippen LogP contribution is -2.20. The fourth-order valence-corrected chi connectivity index (χ4v) is 3.55. The fraction of sp³-hybridized carbons (Fsp3) is 0.316. The molecule has 0 spiro atoms. The van der Waals surface area contributed by atoms with Crippen molar-refractivity contribution >= 4 is 23.4 Å². The van der Waals surface area contributed by atoms with Gasteiger partial charge in [-0.15, -0.1) is 10.2 Å². The summed E-state index contributed by atoms with van der Waals surface area (Å²) in [7, 11) is 4.08. The van der Waals surface area contributed by atoms with E-state index in [1.165, 1.54) is 0 Å². The minimum Gasteiger partial charge on any atom is -0.300 e. The maximum absolute atomic E-state index is 6.06. The van der Waals surface area contributed by atoms with Crippen LogP contribution >= 0.6 is 23.4 Å². The van der Waals surface area contributed by atoms with E-state index in [9.17, 15) is 0 Å². The Balaban J connectivity index is 1.85. The van der Waals surface area contributed by atoms with Crippen molar-refractivity contribution in [3.8, 4) is 5.69 Å². The standard InChI is InChI=1S/C19H22ClN5S/c1-14(24(2)3)18-22-23-19(25(18)17-9-7-15(20)8-10-17)26-13-11-16-6-4-5-12-21-16/h4-10,12,14H,11,13H2,1-3H3. The molecule has 1 aromatic carbocycles. The Hall–Kier alpha value is -1.89. The van der Waals surface area contributed by atoms with Crippen LogP contribution in [0.4, 0.5) is 0 Å². The molecule has 0 bridgehead atoms. The zero-order valence-electron chi connectivity index (χ0n) is 15.1. The zero-order chi connectivity index (χ0) is 18.5. The molecule has 0 amide bonds. The minimum absolute atomic E-state index is 0.142. The van der Waals surface area contributed by atoms with E-state index in [2.05, 4.69) is 31.6 Å². The summed E-state index contributed by atoms with van der Waals surface area (Å²) in [5, 5.41) is 10.5. The third-order valence-electron chi connectivity index (χ3n) is 4.21. The second-order valence-electron chi connectivity index (χ2n) is 6.21. The van der Waals surface area contributed by atoms with Crippen molar-refractivity contribution < 1.29 is 0 Å². The highest BCUT2D eigenvalue weighted by Crippen LogP contribution is 2.27. The number of benzene rings is 1. The maximum Gasteiger partial charge on any atom is 0.195 e. The van der Waals surface area contributed by atoms with E-state index < -0.39 is 0 Å². The van der Waals surface area contributed by atoms with Gasteiger partial charge in [0.05, 0.1) is 6.04 Å². The van der Waals surface area contributed by atoms with Gasteiger partial charge in [-0.1, -0.05) is 29.4 Å². The van der Waals surface area contributed by atoms with Crippen LogP contribution in [0, 0.1) is 0 Å². The van der Waals surface area contributed by atoms with Crippen LogP contribution in [0.25, 0.3) is 5.69 Å². The number of rotatable bonds is 7. The lowest BCUT2D eigenvalue weighted by molar-refractivity contribution is 0.305. The molecule has 0 aliphatic carbocycles. The third kappa shape index (κ3) is 4.44. The molecule has 136 valence electrons. The summed E-state index contributed by atoms with van der Waals surface area (Å²) < 4.78 is 2.12. The Morgan fingerprint density at radius 1 is 1.12 bits per heavy atom. The number of aryl methyl sites for hydroxylation is 1. The highest BCUT2D eigenvalue weighted by molar-refractivity contribution is 7.99. The number of aromatic nitrogens is 4. The van der Waals surface area contributed by atoms with Crippen LogP contribution in [-0.2, 0) is 6.42 Å². The molecule has 7 heteroatoms. The summed E-state index contributed by atoms with van der Waals surface area (Å²) in [5.74, 6) is 1.80. The highest BCUT2D eigenvalue weighted by atomic mass is 35.5. The Labute approximate surface area is 163 Å². The molecule has 26 heavy (non-hydrogen) atoms. The summed E-state index contributed by atoms with van der Waals surface area (Å²) in [6, 6.07) is 13.9. The van der Waals surface area contributed by atoms with Crippen LogP contribution in [0.2, 0.25) is 5.02 Å². The van der Waals surface area contributed by atoms with E-state index in [1.54, 1.807) is 11.8 Å². The van der Waals surface area contributed by atoms with Gasteiger partial charge in [0.15, 0.2) is 11.0 Å². The van der Waals surface area contributed by atoms with Crippen molar-refractivity contribution in [1.29, 1.82) is 0 Å². The second kappa shape index (κ2) is 8.66. The van der Waals surface area contributed by atoms with Gasteiger partial charge in [-0.2, -0.15) is 0 Å². The van der Waals surface area contributed by atoms with Crippen molar-refractivity contribution in [1.82, 2.24) is 24.6 Å². The summed E-state index contributed by atoms with van der Waals surface area (Å²) in [6.07, 6.45) is 2.71. The average molecular weight is 388 g/mol. The van der Waals surface area contributed by atoms with Crippen molar-refractivity contribution in [3.63, 3.8) is 0 Å². The van der Waals surface area contributed by atoms with E-state index in [1.807, 2.05) is 62.8 Å². The second-order valence-corrected chi connectivity index (χ2v) is 7.71. The minimum atomic E-state index is 0.142. The lowest BCUT2D eigenvalue weighted by atomic mass is 10.2.